The minimum absolute atomic E-state index is 0.0252. The van der Waals surface area contributed by atoms with Crippen LogP contribution < -0.4 is 4.31 Å². The summed E-state index contributed by atoms with van der Waals surface area (Å²) in [5.74, 6) is -1.34. The predicted octanol–water partition coefficient (Wildman–Crippen LogP) is 5.29. The van der Waals surface area contributed by atoms with E-state index in [0.29, 0.717) is 0 Å². The molecule has 0 saturated heterocycles. The number of benzene rings is 3. The first-order valence-electron chi connectivity index (χ1n) is 9.85. The molecule has 0 fully saturated rings. The van der Waals surface area contributed by atoms with Gasteiger partial charge in [0.2, 0.25) is 0 Å². The van der Waals surface area contributed by atoms with Crippen molar-refractivity contribution in [1.29, 1.82) is 0 Å². The number of ketones is 1. The standard InChI is InChI=1S/C24H21Cl2NO5S/c1-15-8-11-18(12-9-15)33(30,31)27(16(2)24(29)32-3)22-13-10-17(25)14-20(22)23(28)19-6-4-5-7-21(19)26/h4-14,16H,1-3H3. The summed E-state index contributed by atoms with van der Waals surface area (Å²) in [4.78, 5) is 25.9. The highest BCUT2D eigenvalue weighted by Gasteiger charge is 2.36. The molecule has 3 aromatic carbocycles. The lowest BCUT2D eigenvalue weighted by Gasteiger charge is -2.30. The molecule has 1 unspecified atom stereocenters. The second-order valence-electron chi connectivity index (χ2n) is 7.28. The first-order valence-corrected chi connectivity index (χ1v) is 12.0. The average Bonchev–Trinajstić information content (AvgIpc) is 2.79. The molecule has 0 radical (unpaired) electrons. The molecular formula is C24H21Cl2NO5S. The third-order valence-corrected chi connectivity index (χ3v) is 7.49. The molecule has 6 nitrogen and oxygen atoms in total. The van der Waals surface area contributed by atoms with Crippen LogP contribution >= 0.6 is 23.2 Å². The van der Waals surface area contributed by atoms with Crippen molar-refractivity contribution in [3.8, 4) is 0 Å². The van der Waals surface area contributed by atoms with E-state index in [0.717, 1.165) is 17.0 Å². The van der Waals surface area contributed by atoms with Crippen LogP contribution in [0.3, 0.4) is 0 Å². The van der Waals surface area contributed by atoms with Gasteiger partial charge < -0.3 is 4.74 Å². The summed E-state index contributed by atoms with van der Waals surface area (Å²) in [7, 11) is -3.12. The zero-order chi connectivity index (χ0) is 24.3. The van der Waals surface area contributed by atoms with Gasteiger partial charge in [-0.05, 0) is 56.3 Å². The van der Waals surface area contributed by atoms with Crippen molar-refractivity contribution >= 4 is 50.7 Å². The third kappa shape index (κ3) is 5.05. The van der Waals surface area contributed by atoms with Crippen molar-refractivity contribution in [2.45, 2.75) is 24.8 Å². The molecule has 1 atom stereocenters. The Balaban J connectivity index is 2.28. The van der Waals surface area contributed by atoms with Crippen LogP contribution in [0.1, 0.15) is 28.4 Å². The number of ether oxygens (including phenoxy) is 1. The fraction of sp³-hybridized carbons (Fsp3) is 0.167. The molecule has 0 aliphatic rings. The van der Waals surface area contributed by atoms with Crippen molar-refractivity contribution in [1.82, 2.24) is 0 Å². The number of nitrogens with zero attached hydrogens (tertiary/aromatic N) is 1. The molecule has 9 heteroatoms. The number of sulfonamides is 1. The third-order valence-electron chi connectivity index (χ3n) is 5.03. The van der Waals surface area contributed by atoms with E-state index in [1.54, 1.807) is 30.3 Å². The molecule has 0 aliphatic carbocycles. The molecule has 0 N–H and O–H groups in total. The Morgan fingerprint density at radius 2 is 1.58 bits per heavy atom. The lowest BCUT2D eigenvalue weighted by molar-refractivity contribution is -0.141. The van der Waals surface area contributed by atoms with Crippen molar-refractivity contribution in [3.05, 3.63) is 93.5 Å². The van der Waals surface area contributed by atoms with Gasteiger partial charge in [-0.25, -0.2) is 13.2 Å². The maximum atomic E-state index is 13.7. The molecule has 172 valence electrons. The van der Waals surface area contributed by atoms with Crippen molar-refractivity contribution in [3.63, 3.8) is 0 Å². The van der Waals surface area contributed by atoms with Gasteiger partial charge in [-0.3, -0.25) is 9.10 Å². The Kier molecular flexibility index (Phi) is 7.47. The van der Waals surface area contributed by atoms with Crippen LogP contribution in [0.4, 0.5) is 5.69 Å². The van der Waals surface area contributed by atoms with Crippen LogP contribution in [0.15, 0.2) is 71.6 Å². The molecule has 0 amide bonds. The molecule has 0 aromatic heterocycles. The molecular weight excluding hydrogens is 485 g/mol. The van der Waals surface area contributed by atoms with Gasteiger partial charge in [-0.1, -0.05) is 53.0 Å². The zero-order valence-electron chi connectivity index (χ0n) is 18.1. The van der Waals surface area contributed by atoms with Gasteiger partial charge >= 0.3 is 5.97 Å². The van der Waals surface area contributed by atoms with E-state index in [2.05, 4.69) is 0 Å². The number of methoxy groups -OCH3 is 1. The van der Waals surface area contributed by atoms with Gasteiger partial charge in [0.05, 0.1) is 22.7 Å². The number of rotatable bonds is 7. The van der Waals surface area contributed by atoms with Gasteiger partial charge in [0, 0.05) is 16.1 Å². The minimum atomic E-state index is -4.28. The van der Waals surface area contributed by atoms with E-state index in [9.17, 15) is 18.0 Å². The van der Waals surface area contributed by atoms with Crippen LogP contribution in [0.25, 0.3) is 0 Å². The van der Waals surface area contributed by atoms with Crippen LogP contribution in [-0.4, -0.2) is 33.3 Å². The smallest absolute Gasteiger partial charge is 0.329 e. The largest absolute Gasteiger partial charge is 0.467 e. The van der Waals surface area contributed by atoms with Gasteiger partial charge in [0.1, 0.15) is 6.04 Å². The molecule has 0 heterocycles. The summed E-state index contributed by atoms with van der Waals surface area (Å²) in [6, 6.07) is 15.5. The van der Waals surface area contributed by atoms with Crippen molar-refractivity contribution < 1.29 is 22.7 Å². The summed E-state index contributed by atoms with van der Waals surface area (Å²) < 4.78 is 33.1. The molecule has 0 bridgehead atoms. The SMILES string of the molecule is COC(=O)C(C)N(c1ccc(Cl)cc1C(=O)c1ccccc1Cl)S(=O)(=O)c1ccc(C)cc1. The Morgan fingerprint density at radius 1 is 0.939 bits per heavy atom. The molecule has 0 spiro atoms. The van der Waals surface area contributed by atoms with Gasteiger partial charge in [0.15, 0.2) is 5.78 Å². The summed E-state index contributed by atoms with van der Waals surface area (Å²) in [5.41, 5.74) is 0.980. The Hall–Kier alpha value is -2.87. The highest BCUT2D eigenvalue weighted by atomic mass is 35.5. The number of aryl methyl sites for hydroxylation is 1. The van der Waals surface area contributed by atoms with Crippen molar-refractivity contribution in [2.75, 3.05) is 11.4 Å². The van der Waals surface area contributed by atoms with Crippen molar-refractivity contribution in [2.24, 2.45) is 0 Å². The summed E-state index contributed by atoms with van der Waals surface area (Å²) >= 11 is 12.4. The lowest BCUT2D eigenvalue weighted by Crippen LogP contribution is -2.44. The quantitative estimate of drug-likeness (QED) is 0.321. The van der Waals surface area contributed by atoms with Crippen LogP contribution in [0, 0.1) is 6.92 Å². The van der Waals surface area contributed by atoms with Gasteiger partial charge in [0.25, 0.3) is 10.0 Å². The molecule has 3 rings (SSSR count). The zero-order valence-corrected chi connectivity index (χ0v) is 20.4. The number of carbonyl (C=O) groups excluding carboxylic acids is 2. The number of hydrogen-bond acceptors (Lipinski definition) is 5. The lowest BCUT2D eigenvalue weighted by atomic mass is 10.0. The van der Waals surface area contributed by atoms with Crippen LogP contribution in [0.5, 0.6) is 0 Å². The van der Waals surface area contributed by atoms with E-state index < -0.39 is 27.8 Å². The molecule has 3 aromatic rings. The first-order chi connectivity index (χ1) is 15.6. The molecule has 0 aliphatic heterocycles. The summed E-state index contributed by atoms with van der Waals surface area (Å²) in [6.07, 6.45) is 0. The molecule has 33 heavy (non-hydrogen) atoms. The summed E-state index contributed by atoms with van der Waals surface area (Å²) in [5, 5.41) is 0.412. The number of esters is 1. The van der Waals surface area contributed by atoms with E-state index >= 15 is 0 Å². The second kappa shape index (κ2) is 9.95. The van der Waals surface area contributed by atoms with E-state index in [4.69, 9.17) is 27.9 Å². The van der Waals surface area contributed by atoms with Gasteiger partial charge in [-0.15, -0.1) is 0 Å². The first kappa shape index (κ1) is 24.8. The number of hydrogen-bond donors (Lipinski definition) is 0. The highest BCUT2D eigenvalue weighted by molar-refractivity contribution is 7.93. The van der Waals surface area contributed by atoms with E-state index in [1.807, 2.05) is 6.92 Å². The Bertz CT molecular complexity index is 1310. The topological polar surface area (TPSA) is 80.8 Å². The summed E-state index contributed by atoms with van der Waals surface area (Å²) in [6.45, 7) is 3.21. The highest BCUT2D eigenvalue weighted by Crippen LogP contribution is 2.34. The average molecular weight is 506 g/mol. The monoisotopic (exact) mass is 505 g/mol. The van der Waals surface area contributed by atoms with Crippen LogP contribution in [-0.2, 0) is 19.6 Å². The fourth-order valence-corrected chi connectivity index (χ4v) is 5.33. The Morgan fingerprint density at radius 3 is 2.18 bits per heavy atom. The number of carbonyl (C=O) groups is 2. The minimum Gasteiger partial charge on any atom is -0.467 e. The number of anilines is 1. The Labute approximate surface area is 202 Å². The molecule has 0 saturated carbocycles. The maximum absolute atomic E-state index is 13.7. The van der Waals surface area contributed by atoms with Crippen LogP contribution in [0.2, 0.25) is 10.0 Å². The van der Waals surface area contributed by atoms with E-state index in [-0.39, 0.29) is 31.8 Å². The normalized spacial score (nSPS) is 12.2. The maximum Gasteiger partial charge on any atom is 0.329 e. The second-order valence-corrected chi connectivity index (χ2v) is 9.94. The predicted molar refractivity (Wildman–Crippen MR) is 129 cm³/mol. The van der Waals surface area contributed by atoms with Gasteiger partial charge in [-0.2, -0.15) is 0 Å². The van der Waals surface area contributed by atoms with E-state index in [1.165, 1.54) is 43.3 Å². The number of halogens is 2. The fourth-order valence-electron chi connectivity index (χ4n) is 3.31.